The quantitative estimate of drug-likeness (QED) is 0.0607. The molecule has 78 heavy (non-hydrogen) atoms. The molecule has 4 aliphatic carbocycles. The van der Waals surface area contributed by atoms with Crippen molar-refractivity contribution in [2.24, 2.45) is 11.8 Å². The van der Waals surface area contributed by atoms with Crippen LogP contribution in [0.5, 0.6) is 0 Å². The van der Waals surface area contributed by atoms with E-state index in [4.69, 9.17) is 36.6 Å². The minimum Gasteiger partial charge on any atom is -0.870 e. The van der Waals surface area contributed by atoms with Crippen LogP contribution in [0.1, 0.15) is 97.3 Å². The minimum absolute atomic E-state index is 0. The molecule has 3 aromatic carbocycles. The number of amides is 2. The molecule has 0 spiro atoms. The second kappa shape index (κ2) is 27.6. The van der Waals surface area contributed by atoms with E-state index in [1.54, 1.807) is 12.4 Å². The normalized spacial score (nSPS) is 21.9. The second-order valence-corrected chi connectivity index (χ2v) is 20.8. The van der Waals surface area contributed by atoms with Crippen LogP contribution in [0, 0.1) is 11.8 Å². The SMILES string of the molecule is C.O=C(N[C@H]1CCC[C@@H](Nc2ncc(Cl)c(-c3c[nH]c4ccccc34)n2)C1)[C@H]1CCC(F)(F)C1.O=C(N[C@H]1CCC[C@@H](Nc2ncc(Cl)c(-c3cn(-c4ccccc4)c4ccccc34)n2)C1)[C@H]1CCC(F)(F)C1.O=S=O.[Na+].[OH-]. The molecule has 4 fully saturated rings. The first-order valence-electron chi connectivity index (χ1n) is 25.2. The summed E-state index contributed by atoms with van der Waals surface area (Å²) in [5, 5.41) is 15.8. The summed E-state index contributed by atoms with van der Waals surface area (Å²) < 4.78 is 72.8. The molecule has 0 aliphatic heterocycles. The molecule has 6 atom stereocenters. The van der Waals surface area contributed by atoms with E-state index in [0.717, 1.165) is 77.1 Å². The molecule has 23 heteroatoms. The van der Waals surface area contributed by atoms with Crippen LogP contribution in [-0.4, -0.2) is 91.2 Å². The van der Waals surface area contributed by atoms with Crippen molar-refractivity contribution in [3.8, 4) is 28.2 Å². The number of anilines is 2. The third-order valence-electron chi connectivity index (χ3n) is 14.6. The molecular formula is C55H61Cl2F4N10NaO5S. The van der Waals surface area contributed by atoms with E-state index >= 15 is 0 Å². The van der Waals surface area contributed by atoms with Gasteiger partial charge in [-0.15, -0.1) is 0 Å². The van der Waals surface area contributed by atoms with Crippen molar-refractivity contribution in [3.05, 3.63) is 114 Å². The summed E-state index contributed by atoms with van der Waals surface area (Å²) in [5.74, 6) is -6.19. The molecule has 6 N–H and O–H groups in total. The van der Waals surface area contributed by atoms with Crippen LogP contribution >= 0.6 is 23.2 Å². The topological polar surface area (TPSA) is 219 Å². The molecule has 0 bridgehead atoms. The molecule has 0 saturated heterocycles. The average Bonchev–Trinajstić information content (AvgIpc) is 4.25. The Morgan fingerprint density at radius 3 is 1.62 bits per heavy atom. The number of aromatic nitrogens is 6. The molecule has 410 valence electrons. The van der Waals surface area contributed by atoms with Gasteiger partial charge < -0.3 is 36.3 Å². The molecule has 7 aromatic rings. The number of para-hydroxylation sites is 3. The van der Waals surface area contributed by atoms with E-state index in [2.05, 4.69) is 76.2 Å². The molecule has 15 nitrogen and oxygen atoms in total. The van der Waals surface area contributed by atoms with Gasteiger partial charge in [0.2, 0.25) is 35.6 Å². The Balaban J connectivity index is 0.000000234. The van der Waals surface area contributed by atoms with Crippen LogP contribution < -0.4 is 50.8 Å². The van der Waals surface area contributed by atoms with Crippen molar-refractivity contribution in [1.82, 2.24) is 40.1 Å². The second-order valence-electron chi connectivity index (χ2n) is 19.9. The molecule has 0 radical (unpaired) electrons. The Morgan fingerprint density at radius 2 is 1.10 bits per heavy atom. The van der Waals surface area contributed by atoms with Gasteiger partial charge in [-0.25, -0.2) is 37.5 Å². The minimum atomic E-state index is -2.73. The van der Waals surface area contributed by atoms with Crippen molar-refractivity contribution in [1.29, 1.82) is 0 Å². The Morgan fingerprint density at radius 1 is 0.641 bits per heavy atom. The maximum Gasteiger partial charge on any atom is 1.00 e. The van der Waals surface area contributed by atoms with Gasteiger partial charge in [0.25, 0.3) is 0 Å². The number of H-pyrrole nitrogens is 1. The number of alkyl halides is 4. The van der Waals surface area contributed by atoms with Crippen LogP contribution in [0.3, 0.4) is 0 Å². The van der Waals surface area contributed by atoms with Gasteiger partial charge in [-0.3, -0.25) is 9.59 Å². The summed E-state index contributed by atoms with van der Waals surface area (Å²) >= 11 is 12.3. The Kier molecular flexibility index (Phi) is 21.8. The van der Waals surface area contributed by atoms with Crippen LogP contribution in [0.15, 0.2) is 104 Å². The van der Waals surface area contributed by atoms with Crippen molar-refractivity contribution < 1.29 is 70.6 Å². The van der Waals surface area contributed by atoms with Crippen molar-refractivity contribution in [3.63, 3.8) is 0 Å². The Hall–Kier alpha value is -5.48. The standard InChI is InChI=1S/C30H30ClF2N5O.C24H26ClF2N5O.CH4.Na.O2S.H2O/c31-25-17-34-29(36-21-8-6-7-20(15-21)35-28(39)19-13-14-30(32,33)16-19)37-27(25)24-18-38(22-9-2-1-3-10-22)26-12-5-4-11-23(24)26;25-19-13-29-23(32-21(19)18-12-28-20-7-2-1-6-17(18)20)31-16-5-3-4-15(10-16)30-22(33)14-8-9-24(26,27)11-14;;;1-3-2;/h1-5,9-12,17-21H,6-8,13-16H2,(H,35,39)(H,34,36,37);1-2,6-7,12-16,28H,3-5,8-11H2,(H,30,33)(H,29,31,32);1H4;;;1H2/q;;;+1;;/p-1/t19-,20-,21+;14-,15-,16+;;;;/m00..../s1. The Bertz CT molecular complexity index is 3190. The van der Waals surface area contributed by atoms with E-state index in [9.17, 15) is 27.2 Å². The number of aromatic amines is 1. The van der Waals surface area contributed by atoms with Crippen LogP contribution in [-0.2, 0) is 21.2 Å². The number of nitrogens with zero attached hydrogens (tertiary/aromatic N) is 5. The first kappa shape index (κ1) is 61.7. The van der Waals surface area contributed by atoms with Gasteiger partial charge in [-0.2, -0.15) is 8.42 Å². The number of fused-ring (bicyclic) bond motifs is 2. The third-order valence-corrected chi connectivity index (χ3v) is 15.1. The van der Waals surface area contributed by atoms with Gasteiger partial charge in [0, 0.05) is 107 Å². The van der Waals surface area contributed by atoms with Gasteiger partial charge in [0.1, 0.15) is 0 Å². The van der Waals surface area contributed by atoms with E-state index < -0.39 is 35.3 Å². The molecule has 2 amide bonds. The molecular weight excluding hydrogens is 1080 g/mol. The number of halogens is 6. The molecule has 4 aliphatic rings. The average molecular weight is 1140 g/mol. The summed E-state index contributed by atoms with van der Waals surface area (Å²) in [5.41, 5.74) is 6.20. The zero-order valence-corrected chi connectivity index (χ0v) is 46.5. The molecule has 0 unspecified atom stereocenters. The van der Waals surface area contributed by atoms with Crippen molar-refractivity contribution in [2.75, 3.05) is 10.6 Å². The number of rotatable bonds is 11. The summed E-state index contributed by atoms with van der Waals surface area (Å²) in [6, 6.07) is 26.2. The van der Waals surface area contributed by atoms with Crippen LogP contribution in [0.2, 0.25) is 10.0 Å². The molecule has 4 saturated carbocycles. The van der Waals surface area contributed by atoms with Crippen molar-refractivity contribution in [2.45, 2.75) is 133 Å². The molecule has 4 heterocycles. The first-order valence-corrected chi connectivity index (χ1v) is 26.7. The summed E-state index contributed by atoms with van der Waals surface area (Å²) in [6.07, 6.45) is 13.3. The molecule has 4 aromatic heterocycles. The van der Waals surface area contributed by atoms with Crippen LogP contribution in [0.4, 0.5) is 29.5 Å². The number of hydrogen-bond donors (Lipinski definition) is 5. The van der Waals surface area contributed by atoms with E-state index in [1.807, 2.05) is 60.8 Å². The van der Waals surface area contributed by atoms with E-state index in [1.165, 1.54) is 0 Å². The predicted molar refractivity (Wildman–Crippen MR) is 291 cm³/mol. The fraction of sp³-hybridized carbons (Fsp3) is 0.418. The Labute approximate surface area is 485 Å². The van der Waals surface area contributed by atoms with Gasteiger partial charge in [0.15, 0.2) is 0 Å². The smallest absolute Gasteiger partial charge is 0.870 e. The number of hydrogen-bond acceptors (Lipinski definition) is 11. The number of carbonyl (C=O) groups is 2. The number of benzene rings is 3. The summed E-state index contributed by atoms with van der Waals surface area (Å²) in [6.45, 7) is 0. The predicted octanol–water partition coefficient (Wildman–Crippen LogP) is 9.36. The van der Waals surface area contributed by atoms with E-state index in [-0.39, 0.29) is 117 Å². The summed E-state index contributed by atoms with van der Waals surface area (Å²) in [7, 11) is 0. The van der Waals surface area contributed by atoms with Gasteiger partial charge >= 0.3 is 41.1 Å². The monoisotopic (exact) mass is 1140 g/mol. The maximum absolute atomic E-state index is 13.6. The van der Waals surface area contributed by atoms with Crippen molar-refractivity contribution >= 4 is 80.3 Å². The van der Waals surface area contributed by atoms with E-state index in [0.29, 0.717) is 46.2 Å². The van der Waals surface area contributed by atoms with Gasteiger partial charge in [0.05, 0.1) is 39.3 Å². The first-order chi connectivity index (χ1) is 36.2. The number of carbonyl (C=O) groups excluding carboxylic acids is 2. The summed E-state index contributed by atoms with van der Waals surface area (Å²) in [4.78, 5) is 46.6. The maximum atomic E-state index is 13.6. The zero-order valence-electron chi connectivity index (χ0n) is 42.2. The zero-order chi connectivity index (χ0) is 52.7. The van der Waals surface area contributed by atoms with Crippen LogP contribution in [0.25, 0.3) is 50.0 Å². The van der Waals surface area contributed by atoms with Gasteiger partial charge in [-0.05, 0) is 88.5 Å². The fourth-order valence-corrected chi connectivity index (χ4v) is 11.3. The van der Waals surface area contributed by atoms with Gasteiger partial charge in [-0.1, -0.05) is 85.2 Å². The molecule has 11 rings (SSSR count). The fourth-order valence-electron chi connectivity index (χ4n) is 10.9. The number of nitrogens with one attached hydrogen (secondary N) is 5. The largest absolute Gasteiger partial charge is 1.00 e. The third kappa shape index (κ3) is 15.2.